The zero-order chi connectivity index (χ0) is 14.9. The Hall–Kier alpha value is -2.44. The fourth-order valence-electron chi connectivity index (χ4n) is 1.48. The van der Waals surface area contributed by atoms with Crippen LogP contribution in [0.3, 0.4) is 0 Å². The number of carbonyl (C=O) groups is 1. The van der Waals surface area contributed by atoms with Crippen LogP contribution in [0.2, 0.25) is 0 Å². The number of benzene rings is 2. The molecule has 2 nitrogen and oxygen atoms in total. The van der Waals surface area contributed by atoms with E-state index in [-0.39, 0.29) is 0 Å². The molecule has 0 aromatic heterocycles. The molecule has 0 saturated heterocycles. The highest BCUT2D eigenvalue weighted by Gasteiger charge is 2.19. The van der Waals surface area contributed by atoms with E-state index in [0.29, 0.717) is 18.2 Å². The highest BCUT2D eigenvalue weighted by atomic mass is 19.2. The molecule has 0 radical (unpaired) electrons. The summed E-state index contributed by atoms with van der Waals surface area (Å²) < 4.78 is 65.0. The van der Waals surface area contributed by atoms with Gasteiger partial charge < -0.3 is 5.32 Å². The van der Waals surface area contributed by atoms with E-state index in [4.69, 9.17) is 0 Å². The van der Waals surface area contributed by atoms with Crippen molar-refractivity contribution in [2.45, 2.75) is 0 Å². The van der Waals surface area contributed by atoms with Crippen molar-refractivity contribution in [1.29, 1.82) is 0 Å². The van der Waals surface area contributed by atoms with E-state index in [9.17, 15) is 26.7 Å². The van der Waals surface area contributed by atoms with Crippen LogP contribution in [0.5, 0.6) is 0 Å². The lowest BCUT2D eigenvalue weighted by molar-refractivity contribution is 0.102. The van der Waals surface area contributed by atoms with Gasteiger partial charge in [-0.15, -0.1) is 0 Å². The molecule has 0 heterocycles. The number of nitrogens with one attached hydrogen (secondary N) is 1. The largest absolute Gasteiger partial charge is 0.319 e. The van der Waals surface area contributed by atoms with Gasteiger partial charge in [-0.1, -0.05) is 0 Å². The molecule has 0 aliphatic carbocycles. The molecule has 0 aliphatic heterocycles. The van der Waals surface area contributed by atoms with E-state index >= 15 is 0 Å². The van der Waals surface area contributed by atoms with E-state index in [0.717, 1.165) is 12.1 Å². The molecule has 2 aromatic carbocycles. The van der Waals surface area contributed by atoms with Crippen LogP contribution in [0.4, 0.5) is 27.6 Å². The molecule has 1 amide bonds. The molecule has 0 bridgehead atoms. The van der Waals surface area contributed by atoms with Crippen molar-refractivity contribution in [3.63, 3.8) is 0 Å². The van der Waals surface area contributed by atoms with Crippen LogP contribution in [0, 0.1) is 29.1 Å². The second-order valence-corrected chi connectivity index (χ2v) is 3.80. The van der Waals surface area contributed by atoms with Crippen molar-refractivity contribution < 1.29 is 26.7 Å². The molecule has 0 aliphatic rings. The Morgan fingerprint density at radius 2 is 1.55 bits per heavy atom. The van der Waals surface area contributed by atoms with Crippen LogP contribution in [0.1, 0.15) is 10.4 Å². The van der Waals surface area contributed by atoms with Crippen LogP contribution in [0.25, 0.3) is 0 Å². The molecule has 104 valence electrons. The predicted molar refractivity (Wildman–Crippen MR) is 60.6 cm³/mol. The molecule has 20 heavy (non-hydrogen) atoms. The van der Waals surface area contributed by atoms with Gasteiger partial charge in [-0.2, -0.15) is 0 Å². The second-order valence-electron chi connectivity index (χ2n) is 3.80. The van der Waals surface area contributed by atoms with Crippen molar-refractivity contribution in [1.82, 2.24) is 0 Å². The van der Waals surface area contributed by atoms with E-state index in [1.54, 1.807) is 0 Å². The predicted octanol–water partition coefficient (Wildman–Crippen LogP) is 3.63. The summed E-state index contributed by atoms with van der Waals surface area (Å²) in [5, 5.41) is 1.93. The Morgan fingerprint density at radius 1 is 0.850 bits per heavy atom. The number of amides is 1. The Labute approximate surface area is 109 Å². The minimum absolute atomic E-state index is 0.416. The van der Waals surface area contributed by atoms with Crippen LogP contribution in [-0.4, -0.2) is 5.91 Å². The minimum Gasteiger partial charge on any atom is -0.319 e. The summed E-state index contributed by atoms with van der Waals surface area (Å²) in [5.74, 6) is -8.08. The van der Waals surface area contributed by atoms with Gasteiger partial charge in [0.05, 0.1) is 11.3 Å². The number of halogens is 5. The molecule has 7 heteroatoms. The zero-order valence-corrected chi connectivity index (χ0v) is 9.68. The molecule has 2 aromatic rings. The molecule has 0 fully saturated rings. The number of hydrogen-bond donors (Lipinski definition) is 1. The van der Waals surface area contributed by atoms with Crippen LogP contribution in [0.15, 0.2) is 30.3 Å². The lowest BCUT2D eigenvalue weighted by atomic mass is 10.1. The SMILES string of the molecule is O=C(Nc1ccc(F)cc1F)c1ccc(F)c(F)c1F. The molecule has 1 N–H and O–H groups in total. The third kappa shape index (κ3) is 2.61. The van der Waals surface area contributed by atoms with Crippen LogP contribution < -0.4 is 5.32 Å². The summed E-state index contributed by atoms with van der Waals surface area (Å²) in [6, 6.07) is 3.58. The average Bonchev–Trinajstić information content (AvgIpc) is 2.39. The topological polar surface area (TPSA) is 29.1 Å². The third-order valence-electron chi connectivity index (χ3n) is 2.46. The molecule has 0 spiro atoms. The Morgan fingerprint density at radius 3 is 2.20 bits per heavy atom. The summed E-state index contributed by atoms with van der Waals surface area (Å²) in [7, 11) is 0. The van der Waals surface area contributed by atoms with Crippen molar-refractivity contribution >= 4 is 11.6 Å². The number of rotatable bonds is 2. The van der Waals surface area contributed by atoms with Gasteiger partial charge in [0.15, 0.2) is 17.5 Å². The standard InChI is InChI=1S/C13H6F5NO/c14-6-1-4-10(9(16)5-6)19-13(20)7-2-3-8(15)12(18)11(7)17/h1-5H,(H,19,20). The van der Waals surface area contributed by atoms with Crippen LogP contribution in [-0.2, 0) is 0 Å². The summed E-state index contributed by atoms with van der Waals surface area (Å²) in [4.78, 5) is 11.6. The molecular weight excluding hydrogens is 281 g/mol. The lowest BCUT2D eigenvalue weighted by Crippen LogP contribution is -2.16. The maximum Gasteiger partial charge on any atom is 0.258 e. The summed E-state index contributed by atoms with van der Waals surface area (Å²) >= 11 is 0. The van der Waals surface area contributed by atoms with Gasteiger partial charge in [0.1, 0.15) is 11.6 Å². The summed E-state index contributed by atoms with van der Waals surface area (Å²) in [6.45, 7) is 0. The van der Waals surface area contributed by atoms with Gasteiger partial charge in [-0.3, -0.25) is 4.79 Å². The number of hydrogen-bond acceptors (Lipinski definition) is 1. The monoisotopic (exact) mass is 287 g/mol. The first-order valence-corrected chi connectivity index (χ1v) is 5.30. The summed E-state index contributed by atoms with van der Waals surface area (Å²) in [6.07, 6.45) is 0. The first-order valence-electron chi connectivity index (χ1n) is 5.30. The zero-order valence-electron chi connectivity index (χ0n) is 9.68. The number of carbonyl (C=O) groups excluding carboxylic acids is 1. The molecule has 0 unspecified atom stereocenters. The van der Waals surface area contributed by atoms with E-state index in [2.05, 4.69) is 0 Å². The lowest BCUT2D eigenvalue weighted by Gasteiger charge is -2.07. The smallest absolute Gasteiger partial charge is 0.258 e. The first-order chi connectivity index (χ1) is 9.40. The van der Waals surface area contributed by atoms with Gasteiger partial charge in [0.25, 0.3) is 5.91 Å². The summed E-state index contributed by atoms with van der Waals surface area (Å²) in [5.41, 5.74) is -1.21. The molecule has 0 atom stereocenters. The third-order valence-corrected chi connectivity index (χ3v) is 2.46. The fraction of sp³-hybridized carbons (Fsp3) is 0. The van der Waals surface area contributed by atoms with Crippen molar-refractivity contribution in [2.75, 3.05) is 5.32 Å². The van der Waals surface area contributed by atoms with E-state index in [1.165, 1.54) is 0 Å². The van der Waals surface area contributed by atoms with Gasteiger partial charge >= 0.3 is 0 Å². The van der Waals surface area contributed by atoms with Gasteiger partial charge in [0.2, 0.25) is 0 Å². The fourth-order valence-corrected chi connectivity index (χ4v) is 1.48. The highest BCUT2D eigenvalue weighted by molar-refractivity contribution is 6.04. The Balaban J connectivity index is 2.31. The maximum atomic E-state index is 13.4. The van der Waals surface area contributed by atoms with Crippen molar-refractivity contribution in [2.24, 2.45) is 0 Å². The molecule has 0 saturated carbocycles. The maximum absolute atomic E-state index is 13.4. The van der Waals surface area contributed by atoms with Crippen molar-refractivity contribution in [3.8, 4) is 0 Å². The molecule has 2 rings (SSSR count). The highest BCUT2D eigenvalue weighted by Crippen LogP contribution is 2.19. The van der Waals surface area contributed by atoms with Gasteiger partial charge in [0, 0.05) is 6.07 Å². The molecular formula is C13H6F5NO. The van der Waals surface area contributed by atoms with Crippen molar-refractivity contribution in [3.05, 3.63) is 65.0 Å². The van der Waals surface area contributed by atoms with E-state index < -0.39 is 46.2 Å². The Bertz CT molecular complexity index is 687. The van der Waals surface area contributed by atoms with E-state index in [1.807, 2.05) is 5.32 Å². The van der Waals surface area contributed by atoms with Gasteiger partial charge in [-0.25, -0.2) is 22.0 Å². The number of anilines is 1. The van der Waals surface area contributed by atoms with Gasteiger partial charge in [-0.05, 0) is 24.3 Å². The second kappa shape index (κ2) is 5.28. The first kappa shape index (κ1) is 14.0. The minimum atomic E-state index is -1.81. The normalized spacial score (nSPS) is 10.4. The quantitative estimate of drug-likeness (QED) is 0.663. The Kier molecular flexibility index (Phi) is 3.69. The average molecular weight is 287 g/mol. The van der Waals surface area contributed by atoms with Crippen LogP contribution >= 0.6 is 0 Å².